The largest absolute Gasteiger partial charge is 0.397 e. The average Bonchev–Trinajstić information content (AvgIpc) is 2.40. The van der Waals surface area contributed by atoms with Crippen molar-refractivity contribution in [2.45, 2.75) is 20.8 Å². The molecule has 0 atom stereocenters. The molecule has 114 valence electrons. The maximum absolute atomic E-state index is 12.0. The van der Waals surface area contributed by atoms with E-state index in [1.807, 2.05) is 32.9 Å². The van der Waals surface area contributed by atoms with Gasteiger partial charge in [-0.2, -0.15) is 0 Å². The zero-order chi connectivity index (χ0) is 16.3. The van der Waals surface area contributed by atoms with Gasteiger partial charge in [0.1, 0.15) is 0 Å². The molecule has 2 aromatic carbocycles. The Bertz CT molecular complexity index is 718. The Labute approximate surface area is 129 Å². The molecule has 0 radical (unpaired) electrons. The van der Waals surface area contributed by atoms with E-state index in [0.29, 0.717) is 17.1 Å². The van der Waals surface area contributed by atoms with Crippen molar-refractivity contribution in [1.29, 1.82) is 0 Å². The molecule has 0 unspecified atom stereocenters. The number of anilines is 3. The number of hydrogen-bond donors (Lipinski definition) is 3. The fourth-order valence-electron chi connectivity index (χ4n) is 2.21. The first-order valence-corrected chi connectivity index (χ1v) is 6.92. The Morgan fingerprint density at radius 1 is 0.818 bits per heavy atom. The molecule has 0 aromatic heterocycles. The van der Waals surface area contributed by atoms with Crippen LogP contribution in [-0.4, -0.2) is 11.8 Å². The number of benzene rings is 2. The summed E-state index contributed by atoms with van der Waals surface area (Å²) in [4.78, 5) is 23.9. The Hall–Kier alpha value is -2.82. The first-order valence-electron chi connectivity index (χ1n) is 6.92. The third-order valence-corrected chi connectivity index (χ3v) is 3.14. The van der Waals surface area contributed by atoms with Gasteiger partial charge in [-0.1, -0.05) is 12.1 Å². The topological polar surface area (TPSA) is 84.2 Å². The van der Waals surface area contributed by atoms with Crippen LogP contribution < -0.4 is 16.4 Å². The average molecular weight is 297 g/mol. The molecule has 2 rings (SSSR count). The van der Waals surface area contributed by atoms with E-state index in [-0.39, 0.29) is 0 Å². The second kappa shape index (κ2) is 6.30. The zero-order valence-corrected chi connectivity index (χ0v) is 12.9. The molecule has 4 N–H and O–H groups in total. The van der Waals surface area contributed by atoms with E-state index in [9.17, 15) is 9.59 Å². The van der Waals surface area contributed by atoms with Crippen LogP contribution in [0, 0.1) is 20.8 Å². The Balaban J connectivity index is 2.07. The van der Waals surface area contributed by atoms with Crippen molar-refractivity contribution in [3.05, 3.63) is 53.1 Å². The molecule has 0 saturated heterocycles. The van der Waals surface area contributed by atoms with Crippen LogP contribution in [0.2, 0.25) is 0 Å². The van der Waals surface area contributed by atoms with Gasteiger partial charge in [-0.25, -0.2) is 0 Å². The Morgan fingerprint density at radius 2 is 1.41 bits per heavy atom. The number of carbonyl (C=O) groups is 2. The molecular weight excluding hydrogens is 278 g/mol. The fourth-order valence-corrected chi connectivity index (χ4v) is 2.21. The van der Waals surface area contributed by atoms with Crippen LogP contribution in [0.1, 0.15) is 16.7 Å². The zero-order valence-electron chi connectivity index (χ0n) is 12.9. The van der Waals surface area contributed by atoms with Gasteiger partial charge in [0.25, 0.3) is 0 Å². The molecule has 0 spiro atoms. The van der Waals surface area contributed by atoms with Crippen LogP contribution in [0.4, 0.5) is 17.1 Å². The summed E-state index contributed by atoms with van der Waals surface area (Å²) in [7, 11) is 0. The van der Waals surface area contributed by atoms with E-state index in [1.165, 1.54) is 0 Å². The van der Waals surface area contributed by atoms with Crippen molar-refractivity contribution < 1.29 is 9.59 Å². The summed E-state index contributed by atoms with van der Waals surface area (Å²) in [6.45, 7) is 5.75. The van der Waals surface area contributed by atoms with Crippen LogP contribution in [-0.2, 0) is 9.59 Å². The molecule has 5 heteroatoms. The summed E-state index contributed by atoms with van der Waals surface area (Å²) in [5.74, 6) is -1.49. The lowest BCUT2D eigenvalue weighted by molar-refractivity contribution is -0.132. The SMILES string of the molecule is Cc1cc(C)cc(NC(=O)C(=O)Nc2ccc(C)cc2N)c1. The van der Waals surface area contributed by atoms with Crippen molar-refractivity contribution >= 4 is 28.9 Å². The highest BCUT2D eigenvalue weighted by molar-refractivity contribution is 6.43. The minimum atomic E-state index is -0.755. The second-order valence-corrected chi connectivity index (χ2v) is 5.38. The van der Waals surface area contributed by atoms with E-state index >= 15 is 0 Å². The van der Waals surface area contributed by atoms with Gasteiger partial charge in [-0.05, 0) is 61.7 Å². The first-order chi connectivity index (χ1) is 10.3. The maximum Gasteiger partial charge on any atom is 0.314 e. The highest BCUT2D eigenvalue weighted by atomic mass is 16.2. The lowest BCUT2D eigenvalue weighted by atomic mass is 10.1. The minimum absolute atomic E-state index is 0.422. The summed E-state index contributed by atoms with van der Waals surface area (Å²) in [5.41, 5.74) is 10.3. The second-order valence-electron chi connectivity index (χ2n) is 5.38. The van der Waals surface area contributed by atoms with Gasteiger partial charge in [0.05, 0.1) is 11.4 Å². The van der Waals surface area contributed by atoms with Gasteiger partial charge < -0.3 is 16.4 Å². The molecule has 0 aliphatic rings. The van der Waals surface area contributed by atoms with Crippen LogP contribution >= 0.6 is 0 Å². The summed E-state index contributed by atoms with van der Waals surface area (Å²) in [6, 6.07) is 10.8. The number of nitrogen functional groups attached to an aromatic ring is 1. The predicted octanol–water partition coefficient (Wildman–Crippen LogP) is 2.77. The molecule has 0 fully saturated rings. The smallest absolute Gasteiger partial charge is 0.314 e. The molecule has 2 aromatic rings. The van der Waals surface area contributed by atoms with E-state index in [4.69, 9.17) is 5.73 Å². The third-order valence-electron chi connectivity index (χ3n) is 3.14. The molecule has 0 aliphatic carbocycles. The number of rotatable bonds is 2. The predicted molar refractivity (Wildman–Crippen MR) is 88.8 cm³/mol. The summed E-state index contributed by atoms with van der Waals surface area (Å²) < 4.78 is 0. The Kier molecular flexibility index (Phi) is 4.46. The molecule has 5 nitrogen and oxygen atoms in total. The number of nitrogens with two attached hydrogens (primary N) is 1. The molecule has 0 saturated carbocycles. The Morgan fingerprint density at radius 3 is 2.00 bits per heavy atom. The van der Waals surface area contributed by atoms with Gasteiger partial charge in [-0.3, -0.25) is 9.59 Å². The highest BCUT2D eigenvalue weighted by Crippen LogP contribution is 2.19. The monoisotopic (exact) mass is 297 g/mol. The fraction of sp³-hybridized carbons (Fsp3) is 0.176. The third kappa shape index (κ3) is 3.85. The van der Waals surface area contributed by atoms with Crippen molar-refractivity contribution in [2.24, 2.45) is 0 Å². The molecule has 0 bridgehead atoms. The van der Waals surface area contributed by atoms with Crippen LogP contribution in [0.5, 0.6) is 0 Å². The van der Waals surface area contributed by atoms with Crippen molar-refractivity contribution in [3.63, 3.8) is 0 Å². The van der Waals surface area contributed by atoms with E-state index in [0.717, 1.165) is 16.7 Å². The quantitative estimate of drug-likeness (QED) is 0.588. The lowest BCUT2D eigenvalue weighted by Crippen LogP contribution is -2.29. The number of hydrogen-bond acceptors (Lipinski definition) is 3. The molecule has 0 heterocycles. The van der Waals surface area contributed by atoms with Gasteiger partial charge in [0.15, 0.2) is 0 Å². The van der Waals surface area contributed by atoms with Crippen molar-refractivity contribution in [2.75, 3.05) is 16.4 Å². The van der Waals surface area contributed by atoms with Crippen molar-refractivity contribution in [3.8, 4) is 0 Å². The number of carbonyl (C=O) groups excluding carboxylic acids is 2. The number of nitrogens with one attached hydrogen (secondary N) is 2. The minimum Gasteiger partial charge on any atom is -0.397 e. The highest BCUT2D eigenvalue weighted by Gasteiger charge is 2.15. The maximum atomic E-state index is 12.0. The van der Waals surface area contributed by atoms with E-state index < -0.39 is 11.8 Å². The van der Waals surface area contributed by atoms with Gasteiger partial charge in [-0.15, -0.1) is 0 Å². The van der Waals surface area contributed by atoms with Crippen LogP contribution in [0.3, 0.4) is 0 Å². The molecule has 22 heavy (non-hydrogen) atoms. The van der Waals surface area contributed by atoms with Gasteiger partial charge in [0.2, 0.25) is 0 Å². The van der Waals surface area contributed by atoms with E-state index in [1.54, 1.807) is 24.3 Å². The normalized spacial score (nSPS) is 10.1. The number of amides is 2. The first kappa shape index (κ1) is 15.6. The molecule has 0 aliphatic heterocycles. The summed E-state index contributed by atoms with van der Waals surface area (Å²) in [5, 5.41) is 5.09. The molecular formula is C17H19N3O2. The molecule has 2 amide bonds. The van der Waals surface area contributed by atoms with Gasteiger partial charge in [0, 0.05) is 5.69 Å². The van der Waals surface area contributed by atoms with Crippen LogP contribution in [0.25, 0.3) is 0 Å². The standard InChI is InChI=1S/C17H19N3O2/c1-10-4-5-15(14(18)9-10)20-17(22)16(21)19-13-7-11(2)6-12(3)8-13/h4-9H,18H2,1-3H3,(H,19,21)(H,20,22). The van der Waals surface area contributed by atoms with Crippen molar-refractivity contribution in [1.82, 2.24) is 0 Å². The summed E-state index contributed by atoms with van der Waals surface area (Å²) in [6.07, 6.45) is 0. The lowest BCUT2D eigenvalue weighted by Gasteiger charge is -2.10. The summed E-state index contributed by atoms with van der Waals surface area (Å²) >= 11 is 0. The number of aryl methyl sites for hydroxylation is 3. The van der Waals surface area contributed by atoms with Gasteiger partial charge >= 0.3 is 11.8 Å². The van der Waals surface area contributed by atoms with E-state index in [2.05, 4.69) is 10.6 Å². The van der Waals surface area contributed by atoms with Crippen LogP contribution in [0.15, 0.2) is 36.4 Å².